The second-order valence-corrected chi connectivity index (χ2v) is 4.75. The third-order valence-corrected chi connectivity index (χ3v) is 2.97. The van der Waals surface area contributed by atoms with Crippen LogP contribution in [0.2, 0.25) is 0 Å². The molecule has 1 aliphatic rings. The minimum Gasteiger partial charge on any atom is -0.389 e. The summed E-state index contributed by atoms with van der Waals surface area (Å²) in [5.74, 6) is 1.20. The first-order chi connectivity index (χ1) is 8.86. The molecule has 0 aromatic heterocycles. The first-order valence-electron chi connectivity index (χ1n) is 6.37. The minimum atomic E-state index is -3.31. The van der Waals surface area contributed by atoms with E-state index in [0.717, 1.165) is 6.42 Å². The molecule has 1 saturated heterocycles. The summed E-state index contributed by atoms with van der Waals surface area (Å²) in [6, 6.07) is -0.717. The second-order valence-electron chi connectivity index (χ2n) is 4.75. The molecule has 1 aliphatic heterocycles. The molecule has 3 nitrogen and oxygen atoms in total. The summed E-state index contributed by atoms with van der Waals surface area (Å²) < 4.78 is 25.9. The van der Waals surface area contributed by atoms with E-state index in [4.69, 9.17) is 0 Å². The van der Waals surface area contributed by atoms with Crippen LogP contribution >= 0.6 is 0 Å². The van der Waals surface area contributed by atoms with E-state index in [-0.39, 0.29) is 5.92 Å². The number of halogens is 2. The van der Waals surface area contributed by atoms with Crippen LogP contribution in [0.15, 0.2) is 12.2 Å². The van der Waals surface area contributed by atoms with Gasteiger partial charge in [0.2, 0.25) is 0 Å². The van der Waals surface area contributed by atoms with Crippen molar-refractivity contribution in [1.82, 2.24) is 5.32 Å². The van der Waals surface area contributed by atoms with Crippen molar-refractivity contribution in [2.24, 2.45) is 5.92 Å². The molecule has 1 heterocycles. The molecule has 1 fully saturated rings. The normalized spacial score (nSPS) is 24.7. The Morgan fingerprint density at radius 3 is 2.79 bits per heavy atom. The van der Waals surface area contributed by atoms with Gasteiger partial charge in [0.25, 0.3) is 5.91 Å². The van der Waals surface area contributed by atoms with Gasteiger partial charge in [-0.05, 0) is 5.92 Å². The smallest absolute Gasteiger partial charge is 0.326 e. The number of amides is 1. The van der Waals surface area contributed by atoms with Gasteiger partial charge in [0.1, 0.15) is 0 Å². The standard InChI is InChI=1S/C14H19F2NO2/c1-3-4-5-6-10(2)12(18)8-7-11-9-14(15,16)13(19)17-11/h7-8,10-12,18H,3,6,9H2,1-2H3,(H,17,19)/b8-7+/t10-,11-,12-/m0/s1. The van der Waals surface area contributed by atoms with Crippen molar-refractivity contribution in [3.8, 4) is 11.8 Å². The van der Waals surface area contributed by atoms with Crippen LogP contribution in [0.3, 0.4) is 0 Å². The fraction of sp³-hybridized carbons (Fsp3) is 0.643. The van der Waals surface area contributed by atoms with Gasteiger partial charge >= 0.3 is 5.92 Å². The van der Waals surface area contributed by atoms with E-state index in [9.17, 15) is 18.7 Å². The minimum absolute atomic E-state index is 0.0760. The summed E-state index contributed by atoms with van der Waals surface area (Å²) in [5.41, 5.74) is 0. The highest BCUT2D eigenvalue weighted by Gasteiger charge is 2.47. The van der Waals surface area contributed by atoms with E-state index in [1.165, 1.54) is 12.2 Å². The summed E-state index contributed by atoms with van der Waals surface area (Å²) in [6.07, 6.45) is 2.88. The lowest BCUT2D eigenvalue weighted by atomic mass is 10.00. The Kier molecular flexibility index (Phi) is 5.49. The monoisotopic (exact) mass is 271 g/mol. The molecule has 106 valence electrons. The van der Waals surface area contributed by atoms with Gasteiger partial charge in [-0.15, -0.1) is 11.8 Å². The highest BCUT2D eigenvalue weighted by atomic mass is 19.3. The SMILES string of the molecule is CCC#CC[C@H](C)[C@@H](O)/C=C/[C@H]1CC(F)(F)C(=O)N1. The third kappa shape index (κ3) is 4.64. The zero-order valence-electron chi connectivity index (χ0n) is 11.1. The number of aliphatic hydroxyl groups is 1. The topological polar surface area (TPSA) is 49.3 Å². The lowest BCUT2D eigenvalue weighted by Crippen LogP contribution is -2.30. The van der Waals surface area contributed by atoms with Gasteiger partial charge in [0.05, 0.1) is 12.1 Å². The molecule has 0 bridgehead atoms. The molecule has 0 unspecified atom stereocenters. The Balaban J connectivity index is 2.46. The number of carbonyl (C=O) groups is 1. The van der Waals surface area contributed by atoms with Gasteiger partial charge in [0.15, 0.2) is 0 Å². The average molecular weight is 271 g/mol. The van der Waals surface area contributed by atoms with Crippen molar-refractivity contribution in [3.05, 3.63) is 12.2 Å². The van der Waals surface area contributed by atoms with Gasteiger partial charge in [-0.1, -0.05) is 26.0 Å². The number of aliphatic hydroxyl groups excluding tert-OH is 1. The molecule has 1 rings (SSSR count). The number of hydrogen-bond donors (Lipinski definition) is 2. The molecule has 0 radical (unpaired) electrons. The zero-order chi connectivity index (χ0) is 14.5. The molecule has 19 heavy (non-hydrogen) atoms. The zero-order valence-corrected chi connectivity index (χ0v) is 11.1. The molecule has 0 aliphatic carbocycles. The van der Waals surface area contributed by atoms with Crippen LogP contribution in [-0.2, 0) is 4.79 Å². The molecule has 2 N–H and O–H groups in total. The maximum absolute atomic E-state index is 12.9. The molecule has 1 amide bonds. The van der Waals surface area contributed by atoms with Gasteiger partial charge < -0.3 is 10.4 Å². The van der Waals surface area contributed by atoms with E-state index in [2.05, 4.69) is 17.2 Å². The summed E-state index contributed by atoms with van der Waals surface area (Å²) in [7, 11) is 0. The Morgan fingerprint density at radius 2 is 2.26 bits per heavy atom. The third-order valence-electron chi connectivity index (χ3n) is 2.97. The fourth-order valence-electron chi connectivity index (χ4n) is 1.73. The largest absolute Gasteiger partial charge is 0.389 e. The average Bonchev–Trinajstić information content (AvgIpc) is 2.60. The first-order valence-corrected chi connectivity index (χ1v) is 6.37. The number of hydrogen-bond acceptors (Lipinski definition) is 2. The highest BCUT2D eigenvalue weighted by molar-refractivity contribution is 5.86. The van der Waals surface area contributed by atoms with E-state index >= 15 is 0 Å². The van der Waals surface area contributed by atoms with Gasteiger partial charge in [-0.25, -0.2) is 0 Å². The van der Waals surface area contributed by atoms with Crippen molar-refractivity contribution in [3.63, 3.8) is 0 Å². The summed E-state index contributed by atoms with van der Waals surface area (Å²) in [4.78, 5) is 10.9. The van der Waals surface area contributed by atoms with Crippen molar-refractivity contribution in [2.75, 3.05) is 0 Å². The summed E-state index contributed by atoms with van der Waals surface area (Å²) >= 11 is 0. The number of rotatable bonds is 4. The van der Waals surface area contributed by atoms with Crippen LogP contribution in [0.4, 0.5) is 8.78 Å². The summed E-state index contributed by atoms with van der Waals surface area (Å²) in [5, 5.41) is 12.0. The van der Waals surface area contributed by atoms with Crippen LogP contribution in [0.1, 0.15) is 33.1 Å². The van der Waals surface area contributed by atoms with E-state index in [0.29, 0.717) is 6.42 Å². The highest BCUT2D eigenvalue weighted by Crippen LogP contribution is 2.27. The van der Waals surface area contributed by atoms with E-state index < -0.39 is 30.4 Å². The van der Waals surface area contributed by atoms with Crippen molar-refractivity contribution in [2.45, 2.75) is 51.2 Å². The molecule has 0 aromatic carbocycles. The number of carbonyl (C=O) groups excluding carboxylic acids is 1. The predicted octanol–water partition coefficient (Wildman–Crippen LogP) is 1.87. The van der Waals surface area contributed by atoms with Gasteiger partial charge in [0, 0.05) is 19.3 Å². The molecule has 5 heteroatoms. The van der Waals surface area contributed by atoms with Crippen LogP contribution in [0, 0.1) is 17.8 Å². The molecular formula is C14H19F2NO2. The molecular weight excluding hydrogens is 252 g/mol. The maximum Gasteiger partial charge on any atom is 0.326 e. The van der Waals surface area contributed by atoms with Crippen LogP contribution in [-0.4, -0.2) is 29.1 Å². The molecule has 3 atom stereocenters. The lowest BCUT2D eigenvalue weighted by Gasteiger charge is -2.13. The Hall–Kier alpha value is -1.41. The predicted molar refractivity (Wildman–Crippen MR) is 68.5 cm³/mol. The van der Waals surface area contributed by atoms with Crippen LogP contribution in [0.25, 0.3) is 0 Å². The molecule has 0 aromatic rings. The summed E-state index contributed by atoms with van der Waals surface area (Å²) in [6.45, 7) is 3.78. The lowest BCUT2D eigenvalue weighted by molar-refractivity contribution is -0.139. The number of alkyl halides is 2. The first kappa shape index (κ1) is 15.6. The Labute approximate surface area is 112 Å². The van der Waals surface area contributed by atoms with Crippen LogP contribution in [0.5, 0.6) is 0 Å². The van der Waals surface area contributed by atoms with Crippen molar-refractivity contribution >= 4 is 5.91 Å². The van der Waals surface area contributed by atoms with Gasteiger partial charge in [-0.3, -0.25) is 4.79 Å². The van der Waals surface area contributed by atoms with Crippen LogP contribution < -0.4 is 5.32 Å². The molecule has 0 spiro atoms. The van der Waals surface area contributed by atoms with E-state index in [1.807, 2.05) is 13.8 Å². The molecule has 0 saturated carbocycles. The van der Waals surface area contributed by atoms with Crippen molar-refractivity contribution in [1.29, 1.82) is 0 Å². The Bertz CT molecular complexity index is 409. The quantitative estimate of drug-likeness (QED) is 0.606. The second kappa shape index (κ2) is 6.67. The Morgan fingerprint density at radius 1 is 1.58 bits per heavy atom. The van der Waals surface area contributed by atoms with E-state index in [1.54, 1.807) is 0 Å². The number of nitrogens with one attached hydrogen (secondary N) is 1. The fourth-order valence-corrected chi connectivity index (χ4v) is 1.73. The van der Waals surface area contributed by atoms with Gasteiger partial charge in [-0.2, -0.15) is 8.78 Å². The van der Waals surface area contributed by atoms with Crippen molar-refractivity contribution < 1.29 is 18.7 Å². The maximum atomic E-state index is 12.9.